The number of nitrogen functional groups attached to an aromatic ring is 1. The van der Waals surface area contributed by atoms with Crippen molar-refractivity contribution in [2.75, 3.05) is 11.1 Å². The van der Waals surface area contributed by atoms with Crippen molar-refractivity contribution < 1.29 is 0 Å². The Morgan fingerprint density at radius 3 is 2.28 bits per heavy atom. The molecular weight excluding hydrogens is 224 g/mol. The molecule has 0 fully saturated rings. The van der Waals surface area contributed by atoms with Gasteiger partial charge in [0.05, 0.1) is 0 Å². The highest BCUT2D eigenvalue weighted by atomic mass is 15.1. The normalized spacial score (nSPS) is 11.3. The molecule has 0 radical (unpaired) electrons. The minimum absolute atomic E-state index is 0.0430. The Morgan fingerprint density at radius 1 is 1.06 bits per heavy atom. The Bertz CT molecular complexity index is 526. The molecule has 0 spiro atoms. The molecule has 94 valence electrons. The SMILES string of the molecule is CC(C)(C)Nc1ncc(-c2cccc(N)c2)cn1. The van der Waals surface area contributed by atoms with Gasteiger partial charge in [-0.2, -0.15) is 0 Å². The first-order chi connectivity index (χ1) is 8.44. The number of hydrogen-bond donors (Lipinski definition) is 2. The average Bonchev–Trinajstić information content (AvgIpc) is 2.28. The minimum atomic E-state index is -0.0430. The molecule has 0 atom stereocenters. The maximum absolute atomic E-state index is 5.76. The van der Waals surface area contributed by atoms with Crippen molar-refractivity contribution in [3.63, 3.8) is 0 Å². The molecule has 4 nitrogen and oxygen atoms in total. The second kappa shape index (κ2) is 4.64. The summed E-state index contributed by atoms with van der Waals surface area (Å²) in [5.74, 6) is 0.634. The van der Waals surface area contributed by atoms with Crippen molar-refractivity contribution in [1.29, 1.82) is 0 Å². The number of rotatable bonds is 2. The Kier molecular flexibility index (Phi) is 3.19. The van der Waals surface area contributed by atoms with Gasteiger partial charge in [-0.3, -0.25) is 0 Å². The third-order valence-corrected chi connectivity index (χ3v) is 2.36. The Hall–Kier alpha value is -2.10. The molecule has 3 N–H and O–H groups in total. The summed E-state index contributed by atoms with van der Waals surface area (Å²) in [6, 6.07) is 7.69. The van der Waals surface area contributed by atoms with E-state index in [1.165, 1.54) is 0 Å². The van der Waals surface area contributed by atoms with Crippen LogP contribution in [0, 0.1) is 0 Å². The van der Waals surface area contributed by atoms with Gasteiger partial charge in [-0.1, -0.05) is 12.1 Å². The monoisotopic (exact) mass is 242 g/mol. The molecule has 0 aliphatic rings. The highest BCUT2D eigenvalue weighted by molar-refractivity contribution is 5.66. The standard InChI is InChI=1S/C14H18N4/c1-14(2,3)18-13-16-8-11(9-17-13)10-5-4-6-12(15)7-10/h4-9H,15H2,1-3H3,(H,16,17,18). The predicted octanol–water partition coefficient (Wildman–Crippen LogP) is 2.94. The quantitative estimate of drug-likeness (QED) is 0.795. The largest absolute Gasteiger partial charge is 0.399 e. The predicted molar refractivity (Wildman–Crippen MR) is 75.3 cm³/mol. The van der Waals surface area contributed by atoms with Gasteiger partial charge in [0.1, 0.15) is 0 Å². The first kappa shape index (κ1) is 12.4. The fourth-order valence-corrected chi connectivity index (χ4v) is 1.60. The van der Waals surface area contributed by atoms with E-state index in [2.05, 4.69) is 36.1 Å². The summed E-state index contributed by atoms with van der Waals surface area (Å²) in [6.07, 6.45) is 3.60. The van der Waals surface area contributed by atoms with Crippen molar-refractivity contribution in [2.45, 2.75) is 26.3 Å². The van der Waals surface area contributed by atoms with Crippen LogP contribution in [0.25, 0.3) is 11.1 Å². The van der Waals surface area contributed by atoms with Crippen LogP contribution in [-0.2, 0) is 0 Å². The van der Waals surface area contributed by atoms with Gasteiger partial charge in [0.25, 0.3) is 0 Å². The molecule has 0 saturated carbocycles. The maximum Gasteiger partial charge on any atom is 0.223 e. The number of anilines is 2. The Labute approximate surface area is 107 Å². The van der Waals surface area contributed by atoms with Crippen LogP contribution in [0.2, 0.25) is 0 Å². The van der Waals surface area contributed by atoms with Crippen LogP contribution in [-0.4, -0.2) is 15.5 Å². The number of benzene rings is 1. The van der Waals surface area contributed by atoms with Gasteiger partial charge >= 0.3 is 0 Å². The second-order valence-corrected chi connectivity index (χ2v) is 5.30. The highest BCUT2D eigenvalue weighted by Gasteiger charge is 2.10. The zero-order chi connectivity index (χ0) is 13.2. The van der Waals surface area contributed by atoms with E-state index in [9.17, 15) is 0 Å². The summed E-state index contributed by atoms with van der Waals surface area (Å²) in [7, 11) is 0. The van der Waals surface area contributed by atoms with E-state index in [-0.39, 0.29) is 5.54 Å². The first-order valence-electron chi connectivity index (χ1n) is 5.90. The van der Waals surface area contributed by atoms with Crippen LogP contribution in [0.1, 0.15) is 20.8 Å². The molecule has 0 saturated heterocycles. The molecule has 1 aromatic heterocycles. The summed E-state index contributed by atoms with van der Waals surface area (Å²) in [6.45, 7) is 6.21. The van der Waals surface area contributed by atoms with Crippen molar-refractivity contribution in [3.8, 4) is 11.1 Å². The summed E-state index contributed by atoms with van der Waals surface area (Å²) in [5.41, 5.74) is 8.44. The second-order valence-electron chi connectivity index (χ2n) is 5.30. The van der Waals surface area contributed by atoms with Gasteiger partial charge in [-0.05, 0) is 38.5 Å². The molecule has 0 aliphatic heterocycles. The minimum Gasteiger partial charge on any atom is -0.399 e. The number of hydrogen-bond acceptors (Lipinski definition) is 4. The molecule has 0 unspecified atom stereocenters. The zero-order valence-electron chi connectivity index (χ0n) is 10.9. The summed E-state index contributed by atoms with van der Waals surface area (Å²) >= 11 is 0. The summed E-state index contributed by atoms with van der Waals surface area (Å²) in [4.78, 5) is 8.61. The lowest BCUT2D eigenvalue weighted by molar-refractivity contribution is 0.626. The van der Waals surface area contributed by atoms with Gasteiger partial charge in [0, 0.05) is 29.2 Å². The number of aromatic nitrogens is 2. The van der Waals surface area contributed by atoms with Crippen molar-refractivity contribution in [1.82, 2.24) is 9.97 Å². The van der Waals surface area contributed by atoms with Crippen LogP contribution < -0.4 is 11.1 Å². The first-order valence-corrected chi connectivity index (χ1v) is 5.90. The smallest absolute Gasteiger partial charge is 0.223 e. The van der Waals surface area contributed by atoms with Crippen molar-refractivity contribution >= 4 is 11.6 Å². The zero-order valence-corrected chi connectivity index (χ0v) is 10.9. The van der Waals surface area contributed by atoms with Crippen LogP contribution in [0.15, 0.2) is 36.7 Å². The molecule has 18 heavy (non-hydrogen) atoms. The van der Waals surface area contributed by atoms with Gasteiger partial charge in [-0.15, -0.1) is 0 Å². The van der Waals surface area contributed by atoms with E-state index in [1.54, 1.807) is 12.4 Å². The average molecular weight is 242 g/mol. The number of nitrogens with zero attached hydrogens (tertiary/aromatic N) is 2. The molecule has 0 amide bonds. The number of nitrogens with one attached hydrogen (secondary N) is 1. The Balaban J connectivity index is 2.22. The molecule has 0 aliphatic carbocycles. The summed E-state index contributed by atoms with van der Waals surface area (Å²) in [5, 5.41) is 3.22. The van der Waals surface area contributed by atoms with E-state index < -0.39 is 0 Å². The molecule has 4 heteroatoms. The summed E-state index contributed by atoms with van der Waals surface area (Å²) < 4.78 is 0. The highest BCUT2D eigenvalue weighted by Crippen LogP contribution is 2.20. The van der Waals surface area contributed by atoms with E-state index in [4.69, 9.17) is 5.73 Å². The fourth-order valence-electron chi connectivity index (χ4n) is 1.60. The van der Waals surface area contributed by atoms with Gasteiger partial charge in [-0.25, -0.2) is 9.97 Å². The lowest BCUT2D eigenvalue weighted by atomic mass is 10.1. The fraction of sp³-hybridized carbons (Fsp3) is 0.286. The third-order valence-electron chi connectivity index (χ3n) is 2.36. The lowest BCUT2D eigenvalue weighted by Crippen LogP contribution is -2.27. The lowest BCUT2D eigenvalue weighted by Gasteiger charge is -2.20. The third kappa shape index (κ3) is 3.20. The van der Waals surface area contributed by atoms with E-state index in [0.29, 0.717) is 5.95 Å². The van der Waals surface area contributed by atoms with Gasteiger partial charge < -0.3 is 11.1 Å². The van der Waals surface area contributed by atoms with Gasteiger partial charge in [0.2, 0.25) is 5.95 Å². The van der Waals surface area contributed by atoms with Crippen LogP contribution in [0.4, 0.5) is 11.6 Å². The van der Waals surface area contributed by atoms with E-state index in [1.807, 2.05) is 24.3 Å². The van der Waals surface area contributed by atoms with E-state index in [0.717, 1.165) is 16.8 Å². The molecule has 0 bridgehead atoms. The molecule has 2 aromatic rings. The molecule has 1 aromatic carbocycles. The van der Waals surface area contributed by atoms with Gasteiger partial charge in [0.15, 0.2) is 0 Å². The number of nitrogens with two attached hydrogens (primary N) is 1. The van der Waals surface area contributed by atoms with Crippen molar-refractivity contribution in [2.24, 2.45) is 0 Å². The van der Waals surface area contributed by atoms with Crippen LogP contribution in [0.3, 0.4) is 0 Å². The van der Waals surface area contributed by atoms with Crippen LogP contribution >= 0.6 is 0 Å². The van der Waals surface area contributed by atoms with Crippen molar-refractivity contribution in [3.05, 3.63) is 36.7 Å². The van der Waals surface area contributed by atoms with E-state index >= 15 is 0 Å². The van der Waals surface area contributed by atoms with Crippen LogP contribution in [0.5, 0.6) is 0 Å². The maximum atomic E-state index is 5.76. The topological polar surface area (TPSA) is 63.8 Å². The Morgan fingerprint density at radius 2 is 1.72 bits per heavy atom. The molecule has 2 rings (SSSR count). The molecule has 1 heterocycles. The molecular formula is C14H18N4.